The SMILES string of the molecule is OC(c1ccc(F)cc1)C1CCCN1. The molecule has 0 aliphatic carbocycles. The minimum atomic E-state index is -0.516. The van der Waals surface area contributed by atoms with E-state index in [0.29, 0.717) is 0 Å². The van der Waals surface area contributed by atoms with Gasteiger partial charge in [0.05, 0.1) is 6.10 Å². The molecule has 2 N–H and O–H groups in total. The summed E-state index contributed by atoms with van der Waals surface area (Å²) in [4.78, 5) is 0. The van der Waals surface area contributed by atoms with Gasteiger partial charge in [0, 0.05) is 6.04 Å². The van der Waals surface area contributed by atoms with Crippen molar-refractivity contribution >= 4 is 0 Å². The lowest BCUT2D eigenvalue weighted by Gasteiger charge is -2.18. The van der Waals surface area contributed by atoms with Crippen LogP contribution in [0.3, 0.4) is 0 Å². The van der Waals surface area contributed by atoms with Crippen molar-refractivity contribution in [2.45, 2.75) is 25.0 Å². The third kappa shape index (κ3) is 1.94. The van der Waals surface area contributed by atoms with Crippen LogP contribution in [0.25, 0.3) is 0 Å². The summed E-state index contributed by atoms with van der Waals surface area (Å²) in [6.45, 7) is 0.961. The molecule has 1 saturated heterocycles. The van der Waals surface area contributed by atoms with Crippen molar-refractivity contribution in [2.75, 3.05) is 6.54 Å². The molecule has 0 amide bonds. The van der Waals surface area contributed by atoms with Crippen LogP contribution >= 0.6 is 0 Å². The average molecular weight is 195 g/mol. The molecule has 1 fully saturated rings. The highest BCUT2D eigenvalue weighted by molar-refractivity contribution is 5.20. The third-order valence-corrected chi connectivity index (χ3v) is 2.69. The monoisotopic (exact) mass is 195 g/mol. The summed E-state index contributed by atoms with van der Waals surface area (Å²) in [7, 11) is 0. The Morgan fingerprint density at radius 3 is 2.64 bits per heavy atom. The van der Waals surface area contributed by atoms with Crippen LogP contribution in [0.5, 0.6) is 0 Å². The van der Waals surface area contributed by atoms with Gasteiger partial charge in [0.25, 0.3) is 0 Å². The van der Waals surface area contributed by atoms with Crippen LogP contribution in [-0.4, -0.2) is 17.7 Å². The minimum absolute atomic E-state index is 0.125. The molecule has 1 aromatic carbocycles. The van der Waals surface area contributed by atoms with Crippen LogP contribution in [0, 0.1) is 5.82 Å². The lowest BCUT2D eigenvalue weighted by atomic mass is 10.0. The minimum Gasteiger partial charge on any atom is -0.387 e. The third-order valence-electron chi connectivity index (χ3n) is 2.69. The normalized spacial score (nSPS) is 23.7. The van der Waals surface area contributed by atoms with E-state index in [4.69, 9.17) is 0 Å². The van der Waals surface area contributed by atoms with Gasteiger partial charge in [-0.3, -0.25) is 0 Å². The van der Waals surface area contributed by atoms with E-state index in [1.54, 1.807) is 12.1 Å². The largest absolute Gasteiger partial charge is 0.387 e. The van der Waals surface area contributed by atoms with Gasteiger partial charge in [0.2, 0.25) is 0 Å². The molecular formula is C11H14FNO. The van der Waals surface area contributed by atoms with E-state index >= 15 is 0 Å². The van der Waals surface area contributed by atoms with Gasteiger partial charge >= 0.3 is 0 Å². The average Bonchev–Trinajstić information content (AvgIpc) is 2.71. The molecule has 0 bridgehead atoms. The lowest BCUT2D eigenvalue weighted by Crippen LogP contribution is -2.28. The van der Waals surface area contributed by atoms with E-state index in [1.807, 2.05) is 0 Å². The van der Waals surface area contributed by atoms with Crippen molar-refractivity contribution in [3.63, 3.8) is 0 Å². The van der Waals surface area contributed by atoms with E-state index in [2.05, 4.69) is 5.32 Å². The molecule has 0 aromatic heterocycles. The number of rotatable bonds is 2. The fourth-order valence-electron chi connectivity index (χ4n) is 1.87. The number of nitrogens with one attached hydrogen (secondary N) is 1. The highest BCUT2D eigenvalue weighted by atomic mass is 19.1. The first kappa shape index (κ1) is 9.62. The fourth-order valence-corrected chi connectivity index (χ4v) is 1.87. The first-order valence-corrected chi connectivity index (χ1v) is 4.94. The van der Waals surface area contributed by atoms with E-state index in [0.717, 1.165) is 24.9 Å². The zero-order valence-electron chi connectivity index (χ0n) is 7.91. The van der Waals surface area contributed by atoms with Gasteiger partial charge < -0.3 is 10.4 Å². The highest BCUT2D eigenvalue weighted by Crippen LogP contribution is 2.22. The van der Waals surface area contributed by atoms with Crippen molar-refractivity contribution in [3.05, 3.63) is 35.6 Å². The molecule has 2 unspecified atom stereocenters. The van der Waals surface area contributed by atoms with Gasteiger partial charge in [-0.2, -0.15) is 0 Å². The summed E-state index contributed by atoms with van der Waals surface area (Å²) in [6, 6.07) is 6.17. The van der Waals surface area contributed by atoms with Gasteiger partial charge in [-0.25, -0.2) is 4.39 Å². The number of aliphatic hydroxyl groups is 1. The maximum Gasteiger partial charge on any atom is 0.123 e. The quantitative estimate of drug-likeness (QED) is 0.751. The van der Waals surface area contributed by atoms with Crippen molar-refractivity contribution < 1.29 is 9.50 Å². The Morgan fingerprint density at radius 1 is 1.36 bits per heavy atom. The van der Waals surface area contributed by atoms with Crippen LogP contribution in [0.15, 0.2) is 24.3 Å². The zero-order chi connectivity index (χ0) is 9.97. The summed E-state index contributed by atoms with van der Waals surface area (Å²) in [5.74, 6) is -0.264. The molecule has 0 saturated carbocycles. The predicted molar refractivity (Wildman–Crippen MR) is 52.4 cm³/mol. The van der Waals surface area contributed by atoms with E-state index in [-0.39, 0.29) is 11.9 Å². The highest BCUT2D eigenvalue weighted by Gasteiger charge is 2.23. The molecule has 2 nitrogen and oxygen atoms in total. The number of halogens is 1. The topological polar surface area (TPSA) is 32.3 Å². The van der Waals surface area contributed by atoms with Crippen LogP contribution in [-0.2, 0) is 0 Å². The van der Waals surface area contributed by atoms with Gasteiger partial charge in [-0.05, 0) is 37.1 Å². The zero-order valence-corrected chi connectivity index (χ0v) is 7.91. The summed E-state index contributed by atoms with van der Waals surface area (Å²) >= 11 is 0. The number of benzene rings is 1. The Bertz CT molecular complexity index is 293. The van der Waals surface area contributed by atoms with Gasteiger partial charge in [0.1, 0.15) is 5.82 Å². The maximum absolute atomic E-state index is 12.6. The smallest absolute Gasteiger partial charge is 0.123 e. The van der Waals surface area contributed by atoms with Crippen LogP contribution in [0.1, 0.15) is 24.5 Å². The first-order valence-electron chi connectivity index (χ1n) is 4.94. The molecule has 2 rings (SSSR count). The summed E-state index contributed by atoms with van der Waals surface area (Å²) in [6.07, 6.45) is 1.57. The lowest BCUT2D eigenvalue weighted by molar-refractivity contribution is 0.137. The van der Waals surface area contributed by atoms with E-state index in [9.17, 15) is 9.50 Å². The van der Waals surface area contributed by atoms with Gasteiger partial charge in [0.15, 0.2) is 0 Å². The van der Waals surface area contributed by atoms with Crippen molar-refractivity contribution in [2.24, 2.45) is 0 Å². The van der Waals surface area contributed by atoms with E-state index in [1.165, 1.54) is 12.1 Å². The van der Waals surface area contributed by atoms with Crippen molar-refractivity contribution in [1.29, 1.82) is 0 Å². The van der Waals surface area contributed by atoms with Crippen LogP contribution in [0.2, 0.25) is 0 Å². The Labute approximate surface area is 82.8 Å². The molecule has 76 valence electrons. The van der Waals surface area contributed by atoms with E-state index < -0.39 is 6.10 Å². The second-order valence-electron chi connectivity index (χ2n) is 3.70. The first-order chi connectivity index (χ1) is 6.77. The second kappa shape index (κ2) is 4.07. The van der Waals surface area contributed by atoms with Gasteiger partial charge in [-0.1, -0.05) is 12.1 Å². The molecule has 1 aromatic rings. The number of hydrogen-bond donors (Lipinski definition) is 2. The Kier molecular flexibility index (Phi) is 2.79. The molecule has 14 heavy (non-hydrogen) atoms. The number of hydrogen-bond acceptors (Lipinski definition) is 2. The molecule has 0 spiro atoms. The standard InChI is InChI=1S/C11H14FNO/c12-9-5-3-8(4-6-9)11(14)10-2-1-7-13-10/h3-6,10-11,13-14H,1-2,7H2. The van der Waals surface area contributed by atoms with Crippen molar-refractivity contribution in [1.82, 2.24) is 5.32 Å². The molecular weight excluding hydrogens is 181 g/mol. The predicted octanol–water partition coefficient (Wildman–Crippen LogP) is 1.61. The van der Waals surface area contributed by atoms with Crippen LogP contribution in [0.4, 0.5) is 4.39 Å². The van der Waals surface area contributed by atoms with Crippen LogP contribution < -0.4 is 5.32 Å². The van der Waals surface area contributed by atoms with Gasteiger partial charge in [-0.15, -0.1) is 0 Å². The molecule has 0 radical (unpaired) electrons. The fraction of sp³-hybridized carbons (Fsp3) is 0.455. The molecule has 1 heterocycles. The summed E-state index contributed by atoms with van der Waals surface area (Å²) in [5.41, 5.74) is 0.783. The summed E-state index contributed by atoms with van der Waals surface area (Å²) < 4.78 is 12.6. The molecule has 1 aliphatic heterocycles. The molecule has 3 heteroatoms. The molecule has 2 atom stereocenters. The second-order valence-corrected chi connectivity index (χ2v) is 3.70. The summed E-state index contributed by atoms with van der Waals surface area (Å²) in [5, 5.41) is 13.2. The Morgan fingerprint density at radius 2 is 2.07 bits per heavy atom. The Hall–Kier alpha value is -0.930. The maximum atomic E-state index is 12.6. The number of aliphatic hydroxyl groups excluding tert-OH is 1. The molecule has 1 aliphatic rings. The van der Waals surface area contributed by atoms with Crippen molar-refractivity contribution in [3.8, 4) is 0 Å². The Balaban J connectivity index is 2.09.